The molecular formula is C39H53FN4O10. The second-order valence-corrected chi connectivity index (χ2v) is 16.4. The molecule has 5 amide bonds. The van der Waals surface area contributed by atoms with Crippen LogP contribution in [-0.4, -0.2) is 98.8 Å². The van der Waals surface area contributed by atoms with Gasteiger partial charge in [0.1, 0.15) is 35.2 Å². The minimum Gasteiger partial charge on any atom is -0.464 e. The molecule has 1 saturated heterocycles. The van der Waals surface area contributed by atoms with E-state index in [1.807, 2.05) is 12.2 Å². The van der Waals surface area contributed by atoms with Crippen LogP contribution in [0.3, 0.4) is 0 Å². The van der Waals surface area contributed by atoms with Crippen molar-refractivity contribution in [2.24, 2.45) is 5.92 Å². The van der Waals surface area contributed by atoms with E-state index in [2.05, 4.69) is 5.32 Å². The molecular weight excluding hydrogens is 703 g/mol. The van der Waals surface area contributed by atoms with Gasteiger partial charge in [-0.05, 0) is 85.8 Å². The first-order valence-electron chi connectivity index (χ1n) is 18.8. The SMILES string of the molecule is CCOC(=O)[C@@]12C[C@H]1C=CCCCCC[C@H](NC(=O)OC(C)(C)C)C(=O)N1C[C@H](OC(=O)N3Cc4cccc(F)c4C3)C[C@H]1C(=O)N2C(=O)OC(C)(C)C. The van der Waals surface area contributed by atoms with Gasteiger partial charge in [0, 0.05) is 24.4 Å². The molecule has 1 saturated carbocycles. The lowest BCUT2D eigenvalue weighted by Gasteiger charge is -2.35. The fourth-order valence-corrected chi connectivity index (χ4v) is 7.29. The number of nitrogens with zero attached hydrogens (tertiary/aromatic N) is 3. The molecule has 14 nitrogen and oxygen atoms in total. The molecule has 1 aromatic rings. The molecule has 3 aliphatic heterocycles. The highest BCUT2D eigenvalue weighted by molar-refractivity contribution is 6.04. The fraction of sp³-hybridized carbons (Fsp3) is 0.641. The Hall–Kier alpha value is -4.69. The number of carbonyl (C=O) groups excluding carboxylic acids is 6. The minimum atomic E-state index is -1.74. The molecule has 5 atom stereocenters. The number of allylic oxidation sites excluding steroid dienone is 1. The van der Waals surface area contributed by atoms with Crippen molar-refractivity contribution in [3.8, 4) is 0 Å². The van der Waals surface area contributed by atoms with Gasteiger partial charge >= 0.3 is 24.2 Å². The number of rotatable bonds is 4. The minimum absolute atomic E-state index is 0.0122. The quantitative estimate of drug-likeness (QED) is 0.228. The number of alkyl carbamates (subject to hydrolysis) is 1. The Bertz CT molecular complexity index is 1670. The van der Waals surface area contributed by atoms with E-state index in [-0.39, 0.29) is 45.5 Å². The number of halogens is 1. The van der Waals surface area contributed by atoms with Gasteiger partial charge < -0.3 is 29.2 Å². The standard InChI is InChI=1S/C39H53FN4O10/c1-8-51-33(47)39-20-25(39)16-12-10-9-11-13-18-29(41-34(48)53-37(2,3)4)31(45)43-22-26(19-30(43)32(46)44(39)36(50)54-38(5,6)7)52-35(49)42-21-24-15-14-17-28(40)27(24)23-42/h12,14-17,25-26,29-30H,8-11,13,18-23H2,1-7H3,(H,41,48)/t25-,26-,29+,30+,39-/m1/s1. The van der Waals surface area contributed by atoms with Gasteiger partial charge in [-0.15, -0.1) is 0 Å². The normalized spacial score (nSPS) is 26.1. The van der Waals surface area contributed by atoms with Crippen LogP contribution >= 0.6 is 0 Å². The van der Waals surface area contributed by atoms with Gasteiger partial charge in [0.05, 0.1) is 19.7 Å². The third-order valence-corrected chi connectivity index (χ3v) is 9.81. The van der Waals surface area contributed by atoms with E-state index in [4.69, 9.17) is 18.9 Å². The van der Waals surface area contributed by atoms with Gasteiger partial charge in [-0.2, -0.15) is 0 Å². The van der Waals surface area contributed by atoms with Crippen LogP contribution in [-0.2, 0) is 46.4 Å². The number of hydrogen-bond donors (Lipinski definition) is 1. The summed E-state index contributed by atoms with van der Waals surface area (Å²) in [5, 5.41) is 2.68. The predicted molar refractivity (Wildman–Crippen MR) is 192 cm³/mol. The number of amides is 5. The molecule has 0 unspecified atom stereocenters. The molecule has 1 aromatic carbocycles. The molecule has 296 valence electrons. The largest absolute Gasteiger partial charge is 0.464 e. The molecule has 0 aromatic heterocycles. The maximum atomic E-state index is 15.0. The smallest absolute Gasteiger partial charge is 0.418 e. The maximum Gasteiger partial charge on any atom is 0.418 e. The first kappa shape index (κ1) is 40.5. The highest BCUT2D eigenvalue weighted by atomic mass is 19.1. The Balaban J connectivity index is 1.52. The van der Waals surface area contributed by atoms with Crippen LogP contribution in [0.1, 0.15) is 105 Å². The molecule has 15 heteroatoms. The number of esters is 1. The summed E-state index contributed by atoms with van der Waals surface area (Å²) in [6.07, 6.45) is 2.70. The Morgan fingerprint density at radius 2 is 1.67 bits per heavy atom. The summed E-state index contributed by atoms with van der Waals surface area (Å²) < 4.78 is 37.0. The van der Waals surface area contributed by atoms with E-state index in [1.54, 1.807) is 60.6 Å². The molecule has 0 spiro atoms. The van der Waals surface area contributed by atoms with Crippen LogP contribution in [0.4, 0.5) is 18.8 Å². The summed E-state index contributed by atoms with van der Waals surface area (Å²) in [5.41, 5.74) is -2.66. The Kier molecular flexibility index (Phi) is 12.0. The second-order valence-electron chi connectivity index (χ2n) is 16.4. The van der Waals surface area contributed by atoms with E-state index in [1.165, 1.54) is 15.9 Å². The van der Waals surface area contributed by atoms with Crippen molar-refractivity contribution >= 4 is 36.1 Å². The van der Waals surface area contributed by atoms with Gasteiger partial charge in [-0.1, -0.05) is 37.1 Å². The van der Waals surface area contributed by atoms with Crippen LogP contribution in [0.25, 0.3) is 0 Å². The lowest BCUT2D eigenvalue weighted by molar-refractivity contribution is -0.159. The zero-order valence-corrected chi connectivity index (χ0v) is 32.3. The highest BCUT2D eigenvalue weighted by Crippen LogP contribution is 2.52. The second kappa shape index (κ2) is 16.0. The Labute approximate surface area is 315 Å². The van der Waals surface area contributed by atoms with Crippen molar-refractivity contribution in [2.45, 2.75) is 141 Å². The van der Waals surface area contributed by atoms with Crippen molar-refractivity contribution in [3.05, 3.63) is 47.3 Å². The number of hydrogen-bond acceptors (Lipinski definition) is 10. The lowest BCUT2D eigenvalue weighted by atomic mass is 10.0. The summed E-state index contributed by atoms with van der Waals surface area (Å²) in [5.74, 6) is -3.37. The maximum absolute atomic E-state index is 15.0. The van der Waals surface area contributed by atoms with Crippen molar-refractivity contribution < 1.29 is 52.1 Å². The lowest BCUT2D eigenvalue weighted by Crippen LogP contribution is -2.60. The average Bonchev–Trinajstić information content (AvgIpc) is 3.37. The Morgan fingerprint density at radius 3 is 2.33 bits per heavy atom. The van der Waals surface area contributed by atoms with Crippen LogP contribution in [0.15, 0.2) is 30.4 Å². The number of fused-ring (bicyclic) bond motifs is 3. The molecule has 4 aliphatic rings. The third kappa shape index (κ3) is 9.15. The van der Waals surface area contributed by atoms with Gasteiger partial charge in [0.25, 0.3) is 5.91 Å². The topological polar surface area (TPSA) is 161 Å². The molecule has 2 fully saturated rings. The summed E-state index contributed by atoms with van der Waals surface area (Å²) in [6, 6.07) is 2.04. The molecule has 0 radical (unpaired) electrons. The zero-order chi connectivity index (χ0) is 39.6. The van der Waals surface area contributed by atoms with Crippen LogP contribution < -0.4 is 5.32 Å². The highest BCUT2D eigenvalue weighted by Gasteiger charge is 2.69. The monoisotopic (exact) mass is 756 g/mol. The van der Waals surface area contributed by atoms with E-state index in [0.29, 0.717) is 30.4 Å². The van der Waals surface area contributed by atoms with Gasteiger partial charge in [0.2, 0.25) is 5.91 Å². The third-order valence-electron chi connectivity index (χ3n) is 9.81. The van der Waals surface area contributed by atoms with E-state index < -0.39 is 82.7 Å². The number of nitrogens with one attached hydrogen (secondary N) is 1. The molecule has 1 aliphatic carbocycles. The fourth-order valence-electron chi connectivity index (χ4n) is 7.29. The van der Waals surface area contributed by atoms with E-state index in [0.717, 1.165) is 11.3 Å². The van der Waals surface area contributed by atoms with Crippen molar-refractivity contribution in [2.75, 3.05) is 13.2 Å². The number of ether oxygens (including phenoxy) is 4. The summed E-state index contributed by atoms with van der Waals surface area (Å²) in [4.78, 5) is 87.3. The number of imide groups is 1. The summed E-state index contributed by atoms with van der Waals surface area (Å²) in [6.45, 7) is 11.4. The first-order chi connectivity index (χ1) is 25.3. The average molecular weight is 757 g/mol. The van der Waals surface area contributed by atoms with E-state index in [9.17, 15) is 33.2 Å². The molecule has 3 heterocycles. The van der Waals surface area contributed by atoms with Crippen molar-refractivity contribution in [1.82, 2.24) is 20.0 Å². The zero-order valence-electron chi connectivity index (χ0n) is 32.3. The van der Waals surface area contributed by atoms with Gasteiger partial charge in [0.15, 0.2) is 5.54 Å². The van der Waals surface area contributed by atoms with Crippen LogP contribution in [0, 0.1) is 11.7 Å². The van der Waals surface area contributed by atoms with Gasteiger partial charge in [-0.25, -0.2) is 28.5 Å². The Morgan fingerprint density at radius 1 is 0.944 bits per heavy atom. The number of carbonyl (C=O) groups is 6. The van der Waals surface area contributed by atoms with Crippen molar-refractivity contribution in [3.63, 3.8) is 0 Å². The summed E-state index contributed by atoms with van der Waals surface area (Å²) in [7, 11) is 0. The van der Waals surface area contributed by atoms with E-state index >= 15 is 0 Å². The molecule has 1 N–H and O–H groups in total. The van der Waals surface area contributed by atoms with Crippen LogP contribution in [0.5, 0.6) is 0 Å². The predicted octanol–water partition coefficient (Wildman–Crippen LogP) is 5.75. The van der Waals surface area contributed by atoms with Crippen molar-refractivity contribution in [1.29, 1.82) is 0 Å². The van der Waals surface area contributed by atoms with Crippen LogP contribution in [0.2, 0.25) is 0 Å². The summed E-state index contributed by atoms with van der Waals surface area (Å²) >= 11 is 0. The molecule has 5 rings (SSSR count). The molecule has 54 heavy (non-hydrogen) atoms. The van der Waals surface area contributed by atoms with Gasteiger partial charge in [-0.3, -0.25) is 14.5 Å². The first-order valence-corrected chi connectivity index (χ1v) is 18.8. The number of benzene rings is 1. The molecule has 0 bridgehead atoms.